The topological polar surface area (TPSA) is 97.1 Å². The van der Waals surface area contributed by atoms with Crippen LogP contribution >= 0.6 is 0 Å². The van der Waals surface area contributed by atoms with Crippen molar-refractivity contribution in [1.29, 1.82) is 0 Å². The number of nitrogens with one attached hydrogen (secondary N) is 1. The summed E-state index contributed by atoms with van der Waals surface area (Å²) >= 11 is 0. The van der Waals surface area contributed by atoms with Gasteiger partial charge in [0, 0.05) is 11.4 Å². The maximum absolute atomic E-state index is 12.7. The van der Waals surface area contributed by atoms with Crippen LogP contribution in [-0.2, 0) is 4.79 Å². The second kappa shape index (κ2) is 6.95. The zero-order chi connectivity index (χ0) is 18.8. The molecule has 0 radical (unpaired) electrons. The Morgan fingerprint density at radius 2 is 1.88 bits per heavy atom. The van der Waals surface area contributed by atoms with Gasteiger partial charge in [-0.05, 0) is 32.4 Å². The summed E-state index contributed by atoms with van der Waals surface area (Å²) in [6.45, 7) is 5.73. The number of benzene rings is 1. The van der Waals surface area contributed by atoms with E-state index in [4.69, 9.17) is 0 Å². The summed E-state index contributed by atoms with van der Waals surface area (Å²) in [6.07, 6.45) is 1.66. The van der Waals surface area contributed by atoms with Crippen molar-refractivity contribution < 1.29 is 14.7 Å². The van der Waals surface area contributed by atoms with Gasteiger partial charge in [0.05, 0.1) is 17.5 Å². The van der Waals surface area contributed by atoms with Crippen LogP contribution in [0.25, 0.3) is 11.0 Å². The number of aromatic nitrogens is 3. The van der Waals surface area contributed by atoms with Gasteiger partial charge in [0.1, 0.15) is 0 Å². The fourth-order valence-electron chi connectivity index (χ4n) is 2.82. The molecule has 2 aromatic heterocycles. The fraction of sp³-hybridized carbons (Fsp3) is 0.263. The highest BCUT2D eigenvalue weighted by Crippen LogP contribution is 2.20. The van der Waals surface area contributed by atoms with Crippen molar-refractivity contribution in [2.75, 3.05) is 0 Å². The van der Waals surface area contributed by atoms with E-state index < -0.39 is 17.9 Å². The third-order valence-electron chi connectivity index (χ3n) is 4.15. The Morgan fingerprint density at radius 3 is 2.50 bits per heavy atom. The summed E-state index contributed by atoms with van der Waals surface area (Å²) < 4.78 is 1.79. The quantitative estimate of drug-likeness (QED) is 0.736. The molecular weight excluding hydrogens is 332 g/mol. The SMILES string of the molecule is Cc1nc2c(cnn2C(C)C)cc1C(=O)N[C@@H](C(=O)O)c1ccccc1. The monoisotopic (exact) mass is 352 g/mol. The summed E-state index contributed by atoms with van der Waals surface area (Å²) in [5.74, 6) is -1.60. The molecule has 1 atom stereocenters. The molecule has 7 nitrogen and oxygen atoms in total. The molecule has 0 unspecified atom stereocenters. The standard InChI is InChI=1S/C19H20N4O3/c1-11(2)23-17-14(10-20-23)9-15(12(3)21-17)18(24)22-16(19(25)26)13-7-5-4-6-8-13/h4-11,16H,1-3H3,(H,22,24)(H,25,26)/t16-/m1/s1. The van der Waals surface area contributed by atoms with Crippen LogP contribution in [-0.4, -0.2) is 31.7 Å². The zero-order valence-electron chi connectivity index (χ0n) is 14.8. The average molecular weight is 352 g/mol. The van der Waals surface area contributed by atoms with Gasteiger partial charge < -0.3 is 10.4 Å². The van der Waals surface area contributed by atoms with Crippen LogP contribution in [0.5, 0.6) is 0 Å². The molecule has 2 heterocycles. The maximum Gasteiger partial charge on any atom is 0.330 e. The molecule has 26 heavy (non-hydrogen) atoms. The second-order valence-corrected chi connectivity index (χ2v) is 6.37. The van der Waals surface area contributed by atoms with E-state index in [9.17, 15) is 14.7 Å². The lowest BCUT2D eigenvalue weighted by atomic mass is 10.1. The third kappa shape index (κ3) is 3.28. The van der Waals surface area contributed by atoms with Crippen molar-refractivity contribution in [1.82, 2.24) is 20.1 Å². The van der Waals surface area contributed by atoms with Gasteiger partial charge in [-0.3, -0.25) is 4.79 Å². The lowest BCUT2D eigenvalue weighted by Crippen LogP contribution is -2.34. The lowest BCUT2D eigenvalue weighted by Gasteiger charge is -2.16. The number of aryl methyl sites for hydroxylation is 1. The Balaban J connectivity index is 1.94. The molecule has 0 saturated carbocycles. The van der Waals surface area contributed by atoms with E-state index in [0.29, 0.717) is 22.5 Å². The van der Waals surface area contributed by atoms with Crippen LogP contribution in [0.1, 0.15) is 47.5 Å². The average Bonchev–Trinajstić information content (AvgIpc) is 3.02. The van der Waals surface area contributed by atoms with Crippen molar-refractivity contribution >= 4 is 22.9 Å². The molecule has 134 valence electrons. The molecule has 0 aliphatic rings. The number of carboxylic acid groups (broad SMARTS) is 1. The van der Waals surface area contributed by atoms with Gasteiger partial charge in [-0.2, -0.15) is 5.10 Å². The smallest absolute Gasteiger partial charge is 0.330 e. The lowest BCUT2D eigenvalue weighted by molar-refractivity contribution is -0.139. The summed E-state index contributed by atoms with van der Waals surface area (Å²) in [4.78, 5) is 28.8. The number of rotatable bonds is 5. The molecule has 3 rings (SSSR count). The normalized spacial score (nSPS) is 12.3. The van der Waals surface area contributed by atoms with Crippen molar-refractivity contribution in [2.45, 2.75) is 32.9 Å². The van der Waals surface area contributed by atoms with E-state index in [1.807, 2.05) is 13.8 Å². The highest BCUT2D eigenvalue weighted by molar-refractivity contribution is 6.00. The Hall–Kier alpha value is -3.22. The van der Waals surface area contributed by atoms with Gasteiger partial charge >= 0.3 is 5.97 Å². The Kier molecular flexibility index (Phi) is 4.71. The minimum absolute atomic E-state index is 0.147. The molecular formula is C19H20N4O3. The molecule has 0 spiro atoms. The largest absolute Gasteiger partial charge is 0.479 e. The van der Waals surface area contributed by atoms with Gasteiger partial charge in [0.2, 0.25) is 0 Å². The van der Waals surface area contributed by atoms with E-state index in [1.54, 1.807) is 54.2 Å². The van der Waals surface area contributed by atoms with Crippen LogP contribution in [0.15, 0.2) is 42.6 Å². The highest BCUT2D eigenvalue weighted by atomic mass is 16.4. The molecule has 0 fully saturated rings. The number of pyridine rings is 1. The molecule has 7 heteroatoms. The minimum atomic E-state index is -1.13. The van der Waals surface area contributed by atoms with Crippen molar-refractivity contribution in [3.8, 4) is 0 Å². The first kappa shape index (κ1) is 17.6. The van der Waals surface area contributed by atoms with Crippen molar-refractivity contribution in [3.05, 3.63) is 59.4 Å². The number of carbonyl (C=O) groups is 2. The molecule has 1 aromatic carbocycles. The molecule has 3 aromatic rings. The van der Waals surface area contributed by atoms with Gasteiger partial charge in [-0.1, -0.05) is 30.3 Å². The number of carbonyl (C=O) groups excluding carboxylic acids is 1. The van der Waals surface area contributed by atoms with Crippen molar-refractivity contribution in [3.63, 3.8) is 0 Å². The summed E-state index contributed by atoms with van der Waals surface area (Å²) in [5.41, 5.74) is 2.07. The molecule has 2 N–H and O–H groups in total. The van der Waals surface area contributed by atoms with E-state index >= 15 is 0 Å². The second-order valence-electron chi connectivity index (χ2n) is 6.37. The van der Waals surface area contributed by atoms with Crippen LogP contribution < -0.4 is 5.32 Å². The van der Waals surface area contributed by atoms with Crippen LogP contribution in [0.3, 0.4) is 0 Å². The predicted octanol–water partition coefficient (Wildman–Crippen LogP) is 2.88. The third-order valence-corrected chi connectivity index (χ3v) is 4.15. The van der Waals surface area contributed by atoms with Gasteiger partial charge in [-0.15, -0.1) is 0 Å². The number of hydrogen-bond donors (Lipinski definition) is 2. The zero-order valence-corrected chi connectivity index (χ0v) is 14.8. The Bertz CT molecular complexity index is 964. The Morgan fingerprint density at radius 1 is 1.19 bits per heavy atom. The fourth-order valence-corrected chi connectivity index (χ4v) is 2.82. The summed E-state index contributed by atoms with van der Waals surface area (Å²) in [5, 5.41) is 17.1. The van der Waals surface area contributed by atoms with Crippen LogP contribution in [0.2, 0.25) is 0 Å². The molecule has 0 aliphatic carbocycles. The molecule has 0 bridgehead atoms. The van der Waals surface area contributed by atoms with E-state index in [2.05, 4.69) is 15.4 Å². The van der Waals surface area contributed by atoms with Gasteiger partial charge in [-0.25, -0.2) is 14.5 Å². The maximum atomic E-state index is 12.7. The first-order valence-electron chi connectivity index (χ1n) is 8.32. The van der Waals surface area contributed by atoms with Crippen LogP contribution in [0.4, 0.5) is 0 Å². The van der Waals surface area contributed by atoms with Crippen LogP contribution in [0, 0.1) is 6.92 Å². The minimum Gasteiger partial charge on any atom is -0.479 e. The van der Waals surface area contributed by atoms with E-state index in [-0.39, 0.29) is 6.04 Å². The molecule has 1 amide bonds. The van der Waals surface area contributed by atoms with Crippen molar-refractivity contribution in [2.24, 2.45) is 0 Å². The van der Waals surface area contributed by atoms with Gasteiger partial charge in [0.15, 0.2) is 11.7 Å². The summed E-state index contributed by atoms with van der Waals surface area (Å²) in [6, 6.07) is 9.31. The number of hydrogen-bond acceptors (Lipinski definition) is 4. The van der Waals surface area contributed by atoms with Gasteiger partial charge in [0.25, 0.3) is 5.91 Å². The Labute approximate surface area is 150 Å². The number of fused-ring (bicyclic) bond motifs is 1. The first-order chi connectivity index (χ1) is 12.4. The molecule has 0 aliphatic heterocycles. The van der Waals surface area contributed by atoms with E-state index in [0.717, 1.165) is 5.39 Å². The number of carboxylic acids is 1. The predicted molar refractivity (Wildman–Crippen MR) is 96.9 cm³/mol. The highest BCUT2D eigenvalue weighted by Gasteiger charge is 2.24. The number of amides is 1. The number of aliphatic carboxylic acids is 1. The van der Waals surface area contributed by atoms with E-state index in [1.165, 1.54) is 0 Å². The summed E-state index contributed by atoms with van der Waals surface area (Å²) in [7, 11) is 0. The molecule has 0 saturated heterocycles. The first-order valence-corrected chi connectivity index (χ1v) is 8.32. The number of nitrogens with zero attached hydrogens (tertiary/aromatic N) is 3.